The quantitative estimate of drug-likeness (QED) is 0.564. The van der Waals surface area contributed by atoms with Gasteiger partial charge in [-0.25, -0.2) is 4.39 Å². The lowest BCUT2D eigenvalue weighted by Gasteiger charge is -2.02. The van der Waals surface area contributed by atoms with Crippen LogP contribution in [0.3, 0.4) is 0 Å². The zero-order valence-electron chi connectivity index (χ0n) is 6.20. The van der Waals surface area contributed by atoms with E-state index in [4.69, 9.17) is 0 Å². The molecule has 1 aromatic rings. The SMILES string of the molecule is CC(=O)c1c(Br)cc(F)cc1I. The number of ketones is 1. The molecule has 0 aromatic heterocycles. The van der Waals surface area contributed by atoms with Crippen molar-refractivity contribution in [2.24, 2.45) is 0 Å². The first kappa shape index (κ1) is 10.1. The summed E-state index contributed by atoms with van der Waals surface area (Å²) in [5.41, 5.74) is 0.539. The molecule has 12 heavy (non-hydrogen) atoms. The summed E-state index contributed by atoms with van der Waals surface area (Å²) >= 11 is 5.07. The highest BCUT2D eigenvalue weighted by molar-refractivity contribution is 14.1. The van der Waals surface area contributed by atoms with E-state index < -0.39 is 0 Å². The minimum Gasteiger partial charge on any atom is -0.294 e. The minimum absolute atomic E-state index is 0.0636. The van der Waals surface area contributed by atoms with Crippen LogP contribution < -0.4 is 0 Å². The molecule has 0 aliphatic rings. The number of halogens is 3. The van der Waals surface area contributed by atoms with Gasteiger partial charge in [-0.2, -0.15) is 0 Å². The van der Waals surface area contributed by atoms with E-state index in [2.05, 4.69) is 15.9 Å². The molecule has 0 aliphatic carbocycles. The average molecular weight is 343 g/mol. The monoisotopic (exact) mass is 342 g/mol. The largest absolute Gasteiger partial charge is 0.294 e. The number of benzene rings is 1. The fraction of sp³-hybridized carbons (Fsp3) is 0.125. The molecule has 4 heteroatoms. The molecular formula is C8H5BrFIO. The Morgan fingerprint density at radius 1 is 1.58 bits per heavy atom. The van der Waals surface area contributed by atoms with Crippen LogP contribution in [0.2, 0.25) is 0 Å². The van der Waals surface area contributed by atoms with E-state index in [1.54, 1.807) is 0 Å². The van der Waals surface area contributed by atoms with Crippen molar-refractivity contribution in [3.63, 3.8) is 0 Å². The molecule has 0 heterocycles. The molecule has 0 amide bonds. The molecular weight excluding hydrogens is 338 g/mol. The van der Waals surface area contributed by atoms with Gasteiger partial charge in [0.25, 0.3) is 0 Å². The van der Waals surface area contributed by atoms with Crippen molar-refractivity contribution in [3.8, 4) is 0 Å². The maximum Gasteiger partial charge on any atom is 0.162 e. The third kappa shape index (κ3) is 2.04. The molecule has 0 aliphatic heterocycles. The molecule has 0 bridgehead atoms. The lowest BCUT2D eigenvalue weighted by atomic mass is 10.1. The van der Waals surface area contributed by atoms with E-state index in [1.807, 2.05) is 22.6 Å². The van der Waals surface area contributed by atoms with E-state index >= 15 is 0 Å². The summed E-state index contributed by atoms with van der Waals surface area (Å²) in [6.45, 7) is 1.46. The fourth-order valence-corrected chi connectivity index (χ4v) is 2.93. The third-order valence-electron chi connectivity index (χ3n) is 1.36. The Kier molecular flexibility index (Phi) is 3.22. The number of rotatable bonds is 1. The summed E-state index contributed by atoms with van der Waals surface area (Å²) in [5.74, 6) is -0.400. The van der Waals surface area contributed by atoms with Gasteiger partial charge in [-0.05, 0) is 57.6 Å². The van der Waals surface area contributed by atoms with Crippen molar-refractivity contribution < 1.29 is 9.18 Å². The third-order valence-corrected chi connectivity index (χ3v) is 2.84. The molecule has 64 valence electrons. The number of carbonyl (C=O) groups excluding carboxylic acids is 1. The smallest absolute Gasteiger partial charge is 0.162 e. The van der Waals surface area contributed by atoms with Gasteiger partial charge in [0.1, 0.15) is 5.82 Å². The Hall–Kier alpha value is 0.0300. The second-order valence-electron chi connectivity index (χ2n) is 2.30. The second kappa shape index (κ2) is 3.83. The molecule has 1 nitrogen and oxygen atoms in total. The van der Waals surface area contributed by atoms with E-state index in [9.17, 15) is 9.18 Å². The standard InChI is InChI=1S/C8H5BrFIO/c1-4(12)8-6(9)2-5(10)3-7(8)11/h2-3H,1H3. The number of hydrogen-bond donors (Lipinski definition) is 0. The van der Waals surface area contributed by atoms with Crippen molar-refractivity contribution >= 4 is 44.3 Å². The molecule has 0 spiro atoms. The van der Waals surface area contributed by atoms with Crippen molar-refractivity contribution in [2.45, 2.75) is 6.92 Å². The molecule has 0 atom stereocenters. The predicted octanol–water partition coefficient (Wildman–Crippen LogP) is 3.40. The molecule has 0 saturated carbocycles. The fourth-order valence-electron chi connectivity index (χ4n) is 0.879. The highest BCUT2D eigenvalue weighted by Gasteiger charge is 2.10. The zero-order valence-corrected chi connectivity index (χ0v) is 9.94. The summed E-state index contributed by atoms with van der Waals surface area (Å²) < 4.78 is 13.9. The van der Waals surface area contributed by atoms with Gasteiger partial charge >= 0.3 is 0 Å². The molecule has 0 unspecified atom stereocenters. The van der Waals surface area contributed by atoms with Gasteiger partial charge in [-0.15, -0.1) is 0 Å². The second-order valence-corrected chi connectivity index (χ2v) is 4.32. The summed E-state index contributed by atoms with van der Waals surface area (Å²) in [7, 11) is 0. The molecule has 1 aromatic carbocycles. The molecule has 0 fully saturated rings. The van der Waals surface area contributed by atoms with Crippen molar-refractivity contribution in [1.29, 1.82) is 0 Å². The van der Waals surface area contributed by atoms with Crippen LogP contribution in [0.15, 0.2) is 16.6 Å². The predicted molar refractivity (Wildman–Crippen MR) is 56.8 cm³/mol. The molecule has 1 rings (SSSR count). The van der Waals surface area contributed by atoms with Crippen LogP contribution in [0.1, 0.15) is 17.3 Å². The van der Waals surface area contributed by atoms with Crippen LogP contribution in [-0.2, 0) is 0 Å². The van der Waals surface area contributed by atoms with Crippen LogP contribution in [0.4, 0.5) is 4.39 Å². The van der Waals surface area contributed by atoms with Gasteiger partial charge in [-0.1, -0.05) is 0 Å². The minimum atomic E-state index is -0.337. The van der Waals surface area contributed by atoms with Gasteiger partial charge in [-0.3, -0.25) is 4.79 Å². The van der Waals surface area contributed by atoms with E-state index in [-0.39, 0.29) is 11.6 Å². The number of hydrogen-bond acceptors (Lipinski definition) is 1. The topological polar surface area (TPSA) is 17.1 Å². The van der Waals surface area contributed by atoms with Gasteiger partial charge in [0.2, 0.25) is 0 Å². The number of carbonyl (C=O) groups is 1. The van der Waals surface area contributed by atoms with Gasteiger partial charge in [0, 0.05) is 13.6 Å². The van der Waals surface area contributed by atoms with Gasteiger partial charge < -0.3 is 0 Å². The van der Waals surface area contributed by atoms with Crippen LogP contribution in [0, 0.1) is 9.39 Å². The zero-order chi connectivity index (χ0) is 9.30. The van der Waals surface area contributed by atoms with Crippen molar-refractivity contribution in [1.82, 2.24) is 0 Å². The summed E-state index contributed by atoms with van der Waals surface area (Å²) in [6, 6.07) is 2.63. The first-order valence-electron chi connectivity index (χ1n) is 3.18. The summed E-state index contributed by atoms with van der Waals surface area (Å²) in [6.07, 6.45) is 0. The molecule has 0 N–H and O–H groups in total. The Balaban J connectivity index is 3.38. The van der Waals surface area contributed by atoms with Crippen molar-refractivity contribution in [3.05, 3.63) is 31.6 Å². The Morgan fingerprint density at radius 2 is 2.17 bits per heavy atom. The van der Waals surface area contributed by atoms with Gasteiger partial charge in [0.05, 0.1) is 0 Å². The maximum absolute atomic E-state index is 12.7. The maximum atomic E-state index is 12.7. The van der Waals surface area contributed by atoms with Crippen LogP contribution in [0.25, 0.3) is 0 Å². The normalized spacial score (nSPS) is 10.0. The lowest BCUT2D eigenvalue weighted by molar-refractivity contribution is 0.101. The van der Waals surface area contributed by atoms with E-state index in [0.717, 1.165) is 0 Å². The highest BCUT2D eigenvalue weighted by atomic mass is 127. The van der Waals surface area contributed by atoms with Crippen molar-refractivity contribution in [2.75, 3.05) is 0 Å². The highest BCUT2D eigenvalue weighted by Crippen LogP contribution is 2.24. The van der Waals surface area contributed by atoms with Gasteiger partial charge in [0.15, 0.2) is 5.78 Å². The summed E-state index contributed by atoms with van der Waals surface area (Å²) in [5, 5.41) is 0. The Morgan fingerprint density at radius 3 is 2.58 bits per heavy atom. The van der Waals surface area contributed by atoms with E-state index in [1.165, 1.54) is 19.1 Å². The van der Waals surface area contributed by atoms with E-state index in [0.29, 0.717) is 13.6 Å². The van der Waals surface area contributed by atoms with Crippen LogP contribution in [-0.4, -0.2) is 5.78 Å². The molecule has 0 radical (unpaired) electrons. The Labute approximate surface area is 91.6 Å². The average Bonchev–Trinajstić information content (AvgIpc) is 1.82. The Bertz CT molecular complexity index is 315. The van der Waals surface area contributed by atoms with Crippen LogP contribution >= 0.6 is 38.5 Å². The first-order valence-corrected chi connectivity index (χ1v) is 5.05. The van der Waals surface area contributed by atoms with Crippen LogP contribution in [0.5, 0.6) is 0 Å². The summed E-state index contributed by atoms with van der Waals surface area (Å²) in [4.78, 5) is 11.0. The lowest BCUT2D eigenvalue weighted by Crippen LogP contribution is -1.98. The molecule has 0 saturated heterocycles. The first-order chi connectivity index (χ1) is 5.52. The number of Topliss-reactive ketones (excluding diaryl/α,β-unsaturated/α-hetero) is 1.